The Morgan fingerprint density at radius 2 is 2.00 bits per heavy atom. The zero-order valence-corrected chi connectivity index (χ0v) is 23.7. The molecule has 1 aliphatic rings. The number of amides is 1. The summed E-state index contributed by atoms with van der Waals surface area (Å²) in [6, 6.07) is 13.4. The van der Waals surface area contributed by atoms with E-state index in [0.29, 0.717) is 46.3 Å². The van der Waals surface area contributed by atoms with E-state index in [1.54, 1.807) is 11.8 Å². The predicted octanol–water partition coefficient (Wildman–Crippen LogP) is 4.43. The van der Waals surface area contributed by atoms with Crippen molar-refractivity contribution in [1.82, 2.24) is 35.3 Å². The fraction of sp³-hybridized carbons (Fsp3) is 0.267. The molecule has 2 N–H and O–H groups in total. The lowest BCUT2D eigenvalue weighted by molar-refractivity contribution is -0.117. The Morgan fingerprint density at radius 3 is 2.83 bits per heavy atom. The van der Waals surface area contributed by atoms with Crippen LogP contribution in [0.2, 0.25) is 0 Å². The highest BCUT2D eigenvalue weighted by Gasteiger charge is 2.23. The summed E-state index contributed by atoms with van der Waals surface area (Å²) in [6.45, 7) is 7.02. The molecule has 0 aliphatic carbocycles. The van der Waals surface area contributed by atoms with E-state index in [1.165, 1.54) is 12.4 Å². The van der Waals surface area contributed by atoms with E-state index in [1.807, 2.05) is 56.4 Å². The van der Waals surface area contributed by atoms with Crippen LogP contribution in [0.1, 0.15) is 18.4 Å². The largest absolute Gasteiger partial charge is 0.494 e. The second-order valence-electron chi connectivity index (χ2n) is 10.2. The van der Waals surface area contributed by atoms with Crippen molar-refractivity contribution < 1.29 is 14.3 Å². The molecule has 214 valence electrons. The number of fused-ring (bicyclic) bond motifs is 2. The highest BCUT2D eigenvalue weighted by molar-refractivity contribution is 5.89. The van der Waals surface area contributed by atoms with Crippen LogP contribution in [-0.2, 0) is 11.8 Å². The third-order valence-electron chi connectivity index (χ3n) is 7.30. The third kappa shape index (κ3) is 5.38. The number of ether oxygens (including phenoxy) is 2. The van der Waals surface area contributed by atoms with Crippen LogP contribution in [0.5, 0.6) is 17.2 Å². The van der Waals surface area contributed by atoms with Crippen molar-refractivity contribution in [1.29, 1.82) is 0 Å². The van der Waals surface area contributed by atoms with Crippen molar-refractivity contribution in [3.63, 3.8) is 0 Å². The minimum atomic E-state index is -0.166. The summed E-state index contributed by atoms with van der Waals surface area (Å²) in [7, 11) is 3.46. The number of aromatic nitrogens is 6. The average Bonchev–Trinajstić information content (AvgIpc) is 3.38. The van der Waals surface area contributed by atoms with Crippen molar-refractivity contribution in [2.75, 3.05) is 30.4 Å². The second-order valence-corrected chi connectivity index (χ2v) is 10.2. The Morgan fingerprint density at radius 1 is 1.12 bits per heavy atom. The molecule has 3 aromatic heterocycles. The van der Waals surface area contributed by atoms with Gasteiger partial charge in [0.1, 0.15) is 40.4 Å². The Balaban J connectivity index is 1.27. The van der Waals surface area contributed by atoms with Crippen molar-refractivity contribution in [2.45, 2.75) is 25.8 Å². The molecule has 6 rings (SSSR count). The van der Waals surface area contributed by atoms with Crippen LogP contribution in [0.4, 0.5) is 17.3 Å². The average molecular weight is 566 g/mol. The molecule has 1 saturated heterocycles. The van der Waals surface area contributed by atoms with Crippen molar-refractivity contribution in [3.8, 4) is 17.2 Å². The van der Waals surface area contributed by atoms with Gasteiger partial charge in [0.05, 0.1) is 23.8 Å². The number of methoxy groups -OCH3 is 1. The Kier molecular flexibility index (Phi) is 7.26. The summed E-state index contributed by atoms with van der Waals surface area (Å²) >= 11 is 0. The van der Waals surface area contributed by atoms with Gasteiger partial charge in [-0.3, -0.25) is 4.79 Å². The lowest BCUT2D eigenvalue weighted by atomic mass is 10.1. The molecule has 1 aliphatic heterocycles. The van der Waals surface area contributed by atoms with Crippen LogP contribution in [0.3, 0.4) is 0 Å². The lowest BCUT2D eigenvalue weighted by Gasteiger charge is -2.33. The number of nitrogens with zero attached hydrogens (tertiary/aromatic N) is 7. The smallest absolute Gasteiger partial charge is 0.243 e. The van der Waals surface area contributed by atoms with E-state index >= 15 is 0 Å². The van der Waals surface area contributed by atoms with Gasteiger partial charge in [0.25, 0.3) is 0 Å². The highest BCUT2D eigenvalue weighted by Crippen LogP contribution is 2.37. The molecule has 1 fully saturated rings. The summed E-state index contributed by atoms with van der Waals surface area (Å²) in [5, 5.41) is 14.6. The molecule has 0 bridgehead atoms. The molecule has 2 aromatic carbocycles. The second kappa shape index (κ2) is 11.3. The number of piperidine rings is 1. The number of anilines is 3. The monoisotopic (exact) mass is 565 g/mol. The van der Waals surface area contributed by atoms with E-state index in [4.69, 9.17) is 14.5 Å². The molecule has 5 aromatic rings. The summed E-state index contributed by atoms with van der Waals surface area (Å²) in [6.07, 6.45) is 4.66. The molecule has 0 spiro atoms. The number of hydrogen-bond acceptors (Lipinski definition) is 10. The number of aryl methyl sites for hydroxylation is 2. The van der Waals surface area contributed by atoms with Crippen LogP contribution in [-0.4, -0.2) is 62.1 Å². The van der Waals surface area contributed by atoms with E-state index in [-0.39, 0.29) is 11.9 Å². The maximum atomic E-state index is 11.8. The van der Waals surface area contributed by atoms with Crippen molar-refractivity contribution >= 4 is 45.3 Å². The number of hydrogen-bond donors (Lipinski definition) is 2. The summed E-state index contributed by atoms with van der Waals surface area (Å²) in [4.78, 5) is 27.9. The predicted molar refractivity (Wildman–Crippen MR) is 161 cm³/mol. The van der Waals surface area contributed by atoms with E-state index < -0.39 is 0 Å². The van der Waals surface area contributed by atoms with Gasteiger partial charge in [-0.25, -0.2) is 19.6 Å². The van der Waals surface area contributed by atoms with Crippen LogP contribution >= 0.6 is 0 Å². The first-order chi connectivity index (χ1) is 20.4. The topological polar surface area (TPSA) is 132 Å². The van der Waals surface area contributed by atoms with Crippen LogP contribution < -0.4 is 25.0 Å². The normalized spacial score (nSPS) is 15.0. The lowest BCUT2D eigenvalue weighted by Crippen LogP contribution is -2.47. The first-order valence-corrected chi connectivity index (χ1v) is 13.6. The summed E-state index contributed by atoms with van der Waals surface area (Å²) in [5.41, 5.74) is 4.62. The van der Waals surface area contributed by atoms with Gasteiger partial charge in [0.15, 0.2) is 5.82 Å². The molecule has 4 heterocycles. The molecule has 0 saturated carbocycles. The molecule has 1 amide bonds. The van der Waals surface area contributed by atoms with Crippen LogP contribution in [0, 0.1) is 6.92 Å². The number of carbonyl (C=O) groups is 1. The van der Waals surface area contributed by atoms with E-state index in [2.05, 4.69) is 42.4 Å². The fourth-order valence-corrected chi connectivity index (χ4v) is 5.15. The molecule has 12 nitrogen and oxygen atoms in total. The van der Waals surface area contributed by atoms with Crippen molar-refractivity contribution in [2.24, 2.45) is 7.05 Å². The van der Waals surface area contributed by atoms with E-state index in [9.17, 15) is 4.79 Å². The number of benzene rings is 2. The first-order valence-electron chi connectivity index (χ1n) is 13.6. The van der Waals surface area contributed by atoms with Gasteiger partial charge in [-0.2, -0.15) is 0 Å². The van der Waals surface area contributed by atoms with E-state index in [0.717, 1.165) is 41.8 Å². The van der Waals surface area contributed by atoms with Gasteiger partial charge >= 0.3 is 0 Å². The van der Waals surface area contributed by atoms with Gasteiger partial charge in [-0.05, 0) is 61.7 Å². The van der Waals surface area contributed by atoms with Gasteiger partial charge < -0.3 is 25.0 Å². The highest BCUT2D eigenvalue weighted by atomic mass is 16.5. The molecule has 12 heteroatoms. The Bertz CT molecular complexity index is 1800. The Labute approximate surface area is 242 Å². The minimum Gasteiger partial charge on any atom is -0.494 e. The summed E-state index contributed by atoms with van der Waals surface area (Å²) < 4.78 is 13.7. The van der Waals surface area contributed by atoms with Crippen LogP contribution in [0.25, 0.3) is 22.1 Å². The van der Waals surface area contributed by atoms with Gasteiger partial charge in [-0.15, -0.1) is 5.10 Å². The number of pyridine rings is 1. The molecule has 0 radical (unpaired) electrons. The zero-order chi connectivity index (χ0) is 29.2. The van der Waals surface area contributed by atoms with Crippen molar-refractivity contribution in [3.05, 3.63) is 67.0 Å². The van der Waals surface area contributed by atoms with Crippen LogP contribution in [0.15, 0.2) is 61.4 Å². The minimum absolute atomic E-state index is 0.0295. The molecule has 0 unspecified atom stereocenters. The van der Waals surface area contributed by atoms with Gasteiger partial charge in [0.2, 0.25) is 5.91 Å². The summed E-state index contributed by atoms with van der Waals surface area (Å²) in [5.74, 6) is 3.06. The molecular weight excluding hydrogens is 534 g/mol. The fourth-order valence-electron chi connectivity index (χ4n) is 5.15. The zero-order valence-electron chi connectivity index (χ0n) is 23.7. The standard InChI is InChI=1S/C30H31N9O3/c1-5-28(40)33-19-7-6-12-39(16-19)27-11-9-21-29(35-27)30(32-17-31-21)34-23-13-18(2)25(15-26(23)41-4)42-20-8-10-24-22(14-20)36-37-38(24)3/h5,8-11,13-15,17,19H,1,6-7,12,16H2,2-4H3,(H,33,40)(H,31,32,34)/t19-/m1/s1. The third-order valence-corrected chi connectivity index (χ3v) is 7.30. The molecule has 1 atom stereocenters. The maximum absolute atomic E-state index is 11.8. The Hall–Kier alpha value is -5.26. The first kappa shape index (κ1) is 26.9. The number of carbonyl (C=O) groups excluding carboxylic acids is 1. The number of nitrogens with one attached hydrogen (secondary N) is 2. The number of rotatable bonds is 8. The molecular formula is C30H31N9O3. The van der Waals surface area contributed by atoms with Gasteiger partial charge in [-0.1, -0.05) is 11.8 Å². The molecule has 42 heavy (non-hydrogen) atoms. The van der Waals surface area contributed by atoms with Gasteiger partial charge in [0, 0.05) is 38.3 Å². The SMILES string of the molecule is C=CC(=O)N[C@@H]1CCCN(c2ccc3ncnc(Nc4cc(C)c(Oc5ccc6c(c5)nnn6C)cc4OC)c3n2)C1. The maximum Gasteiger partial charge on any atom is 0.243 e. The quantitative estimate of drug-likeness (QED) is 0.260.